The first-order valence-corrected chi connectivity index (χ1v) is 7.09. The van der Waals surface area contributed by atoms with Gasteiger partial charge in [-0.15, -0.1) is 0 Å². The summed E-state index contributed by atoms with van der Waals surface area (Å²) in [5.74, 6) is -0.632. The fraction of sp³-hybridized carbons (Fsp3) is 0.250. The summed E-state index contributed by atoms with van der Waals surface area (Å²) in [7, 11) is 4.81. The van der Waals surface area contributed by atoms with E-state index in [0.29, 0.717) is 5.56 Å². The Morgan fingerprint density at radius 3 is 1.85 bits per heavy atom. The van der Waals surface area contributed by atoms with E-state index in [0.717, 1.165) is 7.11 Å². The minimum atomic E-state index is -0.469. The number of hydrogen-bond donors (Lipinski definition) is 0. The predicted octanol–water partition coefficient (Wildman–Crippen LogP) is -1.62. The van der Waals surface area contributed by atoms with Crippen LogP contribution in [0.15, 0.2) is 36.7 Å². The first kappa shape index (κ1) is 26.5. The number of esters is 2. The zero-order valence-electron chi connectivity index (χ0n) is 15.2. The van der Waals surface area contributed by atoms with Gasteiger partial charge in [0.25, 0.3) is 0 Å². The zero-order chi connectivity index (χ0) is 19.2. The Bertz CT molecular complexity index is 687. The normalized spacial score (nSPS) is 8.38. The largest absolute Gasteiger partial charge is 1.00 e. The third-order valence-corrected chi connectivity index (χ3v) is 2.84. The molecule has 2 heterocycles. The fourth-order valence-electron chi connectivity index (χ4n) is 1.47. The molecular formula is C16H18ClN2NaO6. The van der Waals surface area contributed by atoms with Crippen LogP contribution in [0, 0.1) is 0 Å². The maximum atomic E-state index is 11.1. The molecule has 0 spiro atoms. The number of aromatic nitrogens is 2. The van der Waals surface area contributed by atoms with E-state index in [9.17, 15) is 9.59 Å². The van der Waals surface area contributed by atoms with E-state index in [1.165, 1.54) is 27.5 Å². The van der Waals surface area contributed by atoms with Crippen molar-refractivity contribution in [1.82, 2.24) is 9.97 Å². The van der Waals surface area contributed by atoms with Crippen molar-refractivity contribution in [2.24, 2.45) is 0 Å². The van der Waals surface area contributed by atoms with Crippen molar-refractivity contribution in [3.8, 4) is 5.88 Å². The molecule has 0 amide bonds. The molecule has 2 rings (SSSR count). The quantitative estimate of drug-likeness (QED) is 0.348. The fourth-order valence-corrected chi connectivity index (χ4v) is 1.66. The third kappa shape index (κ3) is 8.59. The molecule has 0 saturated carbocycles. The molecule has 136 valence electrons. The van der Waals surface area contributed by atoms with Crippen molar-refractivity contribution in [2.75, 3.05) is 28.4 Å². The Balaban J connectivity index is 0. The van der Waals surface area contributed by atoms with E-state index < -0.39 is 11.9 Å². The van der Waals surface area contributed by atoms with Crippen molar-refractivity contribution in [3.63, 3.8) is 0 Å². The van der Waals surface area contributed by atoms with E-state index in [1.54, 1.807) is 30.5 Å². The van der Waals surface area contributed by atoms with Crippen LogP contribution >= 0.6 is 11.6 Å². The van der Waals surface area contributed by atoms with Crippen molar-refractivity contribution < 1.29 is 58.5 Å². The van der Waals surface area contributed by atoms with Crippen molar-refractivity contribution in [1.29, 1.82) is 0 Å². The molecule has 0 aliphatic heterocycles. The molecule has 8 nitrogen and oxygen atoms in total. The number of nitrogens with zero attached hydrogens (tertiary/aromatic N) is 2. The van der Waals surface area contributed by atoms with Gasteiger partial charge >= 0.3 is 41.5 Å². The maximum absolute atomic E-state index is 11.1. The van der Waals surface area contributed by atoms with Crippen LogP contribution in [-0.4, -0.2) is 50.3 Å². The summed E-state index contributed by atoms with van der Waals surface area (Å²) < 4.78 is 13.8. The summed E-state index contributed by atoms with van der Waals surface area (Å²) >= 11 is 5.59. The molecule has 0 unspecified atom stereocenters. The molecular weight excluding hydrogens is 375 g/mol. The predicted molar refractivity (Wildman–Crippen MR) is 88.6 cm³/mol. The summed E-state index contributed by atoms with van der Waals surface area (Å²) in [6.07, 6.45) is 3.06. The van der Waals surface area contributed by atoms with E-state index >= 15 is 0 Å². The van der Waals surface area contributed by atoms with Crippen LogP contribution in [0.25, 0.3) is 0 Å². The molecule has 0 bridgehead atoms. The van der Waals surface area contributed by atoms with E-state index in [-0.39, 0.29) is 46.2 Å². The third-order valence-electron chi connectivity index (χ3n) is 2.53. The molecule has 0 radical (unpaired) electrons. The molecule has 10 heteroatoms. The Hall–Kier alpha value is -1.71. The van der Waals surface area contributed by atoms with Gasteiger partial charge in [0.1, 0.15) is 10.7 Å². The second-order valence-electron chi connectivity index (χ2n) is 3.89. The number of hydrogen-bond acceptors (Lipinski definition) is 8. The van der Waals surface area contributed by atoms with E-state index in [2.05, 4.69) is 19.4 Å². The molecule has 26 heavy (non-hydrogen) atoms. The van der Waals surface area contributed by atoms with E-state index in [1.807, 2.05) is 0 Å². The Morgan fingerprint density at radius 2 is 1.38 bits per heavy atom. The van der Waals surface area contributed by atoms with Gasteiger partial charge < -0.3 is 19.3 Å². The first-order chi connectivity index (χ1) is 12.0. The summed E-state index contributed by atoms with van der Waals surface area (Å²) in [5, 5.41) is 8.42. The van der Waals surface area contributed by atoms with Crippen LogP contribution in [0.4, 0.5) is 0 Å². The Kier molecular flexibility index (Phi) is 15.8. The van der Waals surface area contributed by atoms with Gasteiger partial charge in [0, 0.05) is 12.4 Å². The summed E-state index contributed by atoms with van der Waals surface area (Å²) in [6.45, 7) is 0. The number of pyridine rings is 2. The van der Waals surface area contributed by atoms with Gasteiger partial charge in [-0.05, 0) is 24.3 Å². The summed E-state index contributed by atoms with van der Waals surface area (Å²) in [6, 6.07) is 6.42. The van der Waals surface area contributed by atoms with Crippen LogP contribution in [0.2, 0.25) is 5.15 Å². The summed E-state index contributed by atoms with van der Waals surface area (Å²) in [4.78, 5) is 29.5. The number of halogens is 1. The van der Waals surface area contributed by atoms with Gasteiger partial charge in [0.2, 0.25) is 5.88 Å². The molecule has 0 aliphatic rings. The number of methoxy groups -OCH3 is 3. The van der Waals surface area contributed by atoms with Crippen LogP contribution in [0.5, 0.6) is 5.88 Å². The number of ether oxygens (including phenoxy) is 3. The van der Waals surface area contributed by atoms with Gasteiger partial charge in [-0.2, -0.15) is 7.11 Å². The van der Waals surface area contributed by atoms with E-state index in [4.69, 9.17) is 21.4 Å². The van der Waals surface area contributed by atoms with Gasteiger partial charge in [-0.1, -0.05) is 11.6 Å². The van der Waals surface area contributed by atoms with Crippen molar-refractivity contribution in [2.45, 2.75) is 0 Å². The topological polar surface area (TPSA) is 111 Å². The molecule has 2 aromatic heterocycles. The van der Waals surface area contributed by atoms with Crippen LogP contribution in [-0.2, 0) is 9.47 Å². The second-order valence-corrected chi connectivity index (χ2v) is 4.24. The van der Waals surface area contributed by atoms with Gasteiger partial charge in [-0.3, -0.25) is 0 Å². The number of carbonyl (C=O) groups excluding carboxylic acids is 2. The van der Waals surface area contributed by atoms with Gasteiger partial charge in [0.15, 0.2) is 0 Å². The molecule has 2 aromatic rings. The van der Waals surface area contributed by atoms with Crippen molar-refractivity contribution >= 4 is 23.5 Å². The molecule has 0 fully saturated rings. The molecule has 0 atom stereocenters. The van der Waals surface area contributed by atoms with Crippen LogP contribution < -0.4 is 39.4 Å². The monoisotopic (exact) mass is 392 g/mol. The molecule has 0 saturated heterocycles. The number of rotatable bonds is 3. The standard InChI is InChI=1S/C8H9NO3.C7H6ClNO2.CH3O.Na/c1-11-7-6(8(10)12-2)4-3-5-9-7;1-11-7(10)5-3-2-4-9-6(5)8;1-2;/h3-5H,1-2H3;2-4H,1H3;1H3;/q;;-1;+1. The van der Waals surface area contributed by atoms with Crippen molar-refractivity contribution in [3.05, 3.63) is 52.9 Å². The number of carbonyl (C=O) groups is 2. The average molecular weight is 393 g/mol. The van der Waals surface area contributed by atoms with Crippen LogP contribution in [0.1, 0.15) is 20.7 Å². The maximum Gasteiger partial charge on any atom is 1.00 e. The smallest absolute Gasteiger partial charge is 0.857 e. The Labute approximate surface area is 178 Å². The summed E-state index contributed by atoms with van der Waals surface area (Å²) in [5.41, 5.74) is 0.624. The van der Waals surface area contributed by atoms with Gasteiger partial charge in [0.05, 0.1) is 26.9 Å². The minimum absolute atomic E-state index is 0. The molecule has 0 aromatic carbocycles. The molecule has 0 N–H and O–H groups in total. The first-order valence-electron chi connectivity index (χ1n) is 6.72. The zero-order valence-corrected chi connectivity index (χ0v) is 17.9. The average Bonchev–Trinajstić information content (AvgIpc) is 2.69. The Morgan fingerprint density at radius 1 is 0.923 bits per heavy atom. The minimum Gasteiger partial charge on any atom is -0.857 e. The van der Waals surface area contributed by atoms with Crippen LogP contribution in [0.3, 0.4) is 0 Å². The molecule has 0 aliphatic carbocycles. The van der Waals surface area contributed by atoms with Gasteiger partial charge in [-0.25, -0.2) is 19.6 Å². The second kappa shape index (κ2) is 15.5. The SMILES string of the molecule is COC(=O)c1cccnc1Cl.COC(=O)c1cccnc1OC.C[O-].[Na+].